The highest BCUT2D eigenvalue weighted by atomic mass is 16.5. The van der Waals surface area contributed by atoms with Crippen molar-refractivity contribution in [3.63, 3.8) is 0 Å². The second kappa shape index (κ2) is 4.66. The van der Waals surface area contributed by atoms with Gasteiger partial charge in [-0.2, -0.15) is 0 Å². The van der Waals surface area contributed by atoms with E-state index in [9.17, 15) is 0 Å². The summed E-state index contributed by atoms with van der Waals surface area (Å²) in [5.74, 6) is 0.938. The maximum absolute atomic E-state index is 6.41. The lowest BCUT2D eigenvalue weighted by Crippen LogP contribution is -2.57. The van der Waals surface area contributed by atoms with Crippen LogP contribution in [-0.4, -0.2) is 24.3 Å². The average molecular weight is 225 g/mol. The van der Waals surface area contributed by atoms with Crippen LogP contribution in [-0.2, 0) is 4.74 Å². The Hall–Kier alpha value is -0.0800. The van der Waals surface area contributed by atoms with Crippen LogP contribution in [0, 0.1) is 5.92 Å². The van der Waals surface area contributed by atoms with Crippen molar-refractivity contribution in [2.75, 3.05) is 13.1 Å². The molecule has 2 aliphatic rings. The molecule has 2 unspecified atom stereocenters. The molecule has 0 amide bonds. The van der Waals surface area contributed by atoms with Crippen molar-refractivity contribution in [1.29, 1.82) is 0 Å². The molecule has 1 N–H and O–H groups in total. The van der Waals surface area contributed by atoms with Crippen molar-refractivity contribution >= 4 is 0 Å². The molecule has 1 heterocycles. The molecule has 0 aromatic carbocycles. The van der Waals surface area contributed by atoms with Crippen LogP contribution in [0.2, 0.25) is 0 Å². The summed E-state index contributed by atoms with van der Waals surface area (Å²) in [5.41, 5.74) is 0.163. The fourth-order valence-electron chi connectivity index (χ4n) is 3.39. The van der Waals surface area contributed by atoms with E-state index in [1.807, 2.05) is 0 Å². The van der Waals surface area contributed by atoms with E-state index in [4.69, 9.17) is 4.74 Å². The summed E-state index contributed by atoms with van der Waals surface area (Å²) >= 11 is 0. The van der Waals surface area contributed by atoms with E-state index in [0.29, 0.717) is 0 Å². The number of nitrogens with one attached hydrogen (secondary N) is 1. The highest BCUT2D eigenvalue weighted by Crippen LogP contribution is 2.38. The smallest absolute Gasteiger partial charge is 0.0814 e. The van der Waals surface area contributed by atoms with Crippen molar-refractivity contribution < 1.29 is 4.74 Å². The van der Waals surface area contributed by atoms with Crippen LogP contribution in [0.1, 0.15) is 59.3 Å². The van der Waals surface area contributed by atoms with Gasteiger partial charge < -0.3 is 10.1 Å². The number of morpholine rings is 1. The molecule has 1 spiro atoms. The maximum Gasteiger partial charge on any atom is 0.0814 e. The van der Waals surface area contributed by atoms with Gasteiger partial charge in [0.15, 0.2) is 0 Å². The Balaban J connectivity index is 2.01. The molecule has 0 radical (unpaired) electrons. The molecule has 1 saturated heterocycles. The van der Waals surface area contributed by atoms with Gasteiger partial charge in [-0.3, -0.25) is 0 Å². The lowest BCUT2D eigenvalue weighted by Gasteiger charge is -2.45. The normalized spacial score (nSPS) is 39.6. The van der Waals surface area contributed by atoms with Crippen LogP contribution >= 0.6 is 0 Å². The third-order valence-electron chi connectivity index (χ3n) is 4.32. The summed E-state index contributed by atoms with van der Waals surface area (Å²) in [4.78, 5) is 0. The lowest BCUT2D eigenvalue weighted by molar-refractivity contribution is -0.167. The van der Waals surface area contributed by atoms with Crippen LogP contribution in [0.25, 0.3) is 0 Å². The van der Waals surface area contributed by atoms with E-state index in [-0.39, 0.29) is 11.2 Å². The van der Waals surface area contributed by atoms with E-state index in [2.05, 4.69) is 26.1 Å². The van der Waals surface area contributed by atoms with E-state index in [0.717, 1.165) is 19.0 Å². The molecule has 2 rings (SSSR count). The molecule has 2 atom stereocenters. The molecular formula is C14H27NO. The number of hydrogen-bond acceptors (Lipinski definition) is 2. The van der Waals surface area contributed by atoms with Gasteiger partial charge in [0.05, 0.1) is 11.2 Å². The fourth-order valence-corrected chi connectivity index (χ4v) is 3.39. The number of ether oxygens (including phenoxy) is 1. The first-order valence-electron chi connectivity index (χ1n) is 6.96. The second-order valence-electron chi connectivity index (χ2n) is 6.35. The predicted octanol–water partition coefficient (Wildman–Crippen LogP) is 3.11. The summed E-state index contributed by atoms with van der Waals surface area (Å²) in [6.07, 6.45) is 7.95. The van der Waals surface area contributed by atoms with Crippen LogP contribution in [0.5, 0.6) is 0 Å². The quantitative estimate of drug-likeness (QED) is 0.740. The fraction of sp³-hybridized carbons (Fsp3) is 1.00. The third-order valence-corrected chi connectivity index (χ3v) is 4.32. The van der Waals surface area contributed by atoms with Crippen LogP contribution in [0.4, 0.5) is 0 Å². The van der Waals surface area contributed by atoms with Crippen molar-refractivity contribution in [2.24, 2.45) is 5.92 Å². The summed E-state index contributed by atoms with van der Waals surface area (Å²) < 4.78 is 6.41. The molecule has 94 valence electrons. The molecule has 0 bridgehead atoms. The van der Waals surface area contributed by atoms with Gasteiger partial charge in [-0.1, -0.05) is 26.2 Å². The van der Waals surface area contributed by atoms with Gasteiger partial charge in [0.25, 0.3) is 0 Å². The molecule has 1 saturated carbocycles. The monoisotopic (exact) mass is 225 g/mol. The number of hydrogen-bond donors (Lipinski definition) is 1. The topological polar surface area (TPSA) is 21.3 Å². The molecule has 0 aromatic rings. The van der Waals surface area contributed by atoms with E-state index in [1.54, 1.807) is 0 Å². The Morgan fingerprint density at radius 1 is 1.19 bits per heavy atom. The lowest BCUT2D eigenvalue weighted by atomic mass is 9.89. The largest absolute Gasteiger partial charge is 0.366 e. The van der Waals surface area contributed by atoms with E-state index >= 15 is 0 Å². The minimum absolute atomic E-state index is 0.0182. The van der Waals surface area contributed by atoms with E-state index in [1.165, 1.54) is 38.5 Å². The van der Waals surface area contributed by atoms with Gasteiger partial charge in [0, 0.05) is 13.1 Å². The molecule has 2 heteroatoms. The molecule has 0 aromatic heterocycles. The van der Waals surface area contributed by atoms with Crippen molar-refractivity contribution in [3.05, 3.63) is 0 Å². The molecule has 2 fully saturated rings. The van der Waals surface area contributed by atoms with Gasteiger partial charge in [0.1, 0.15) is 0 Å². The van der Waals surface area contributed by atoms with E-state index < -0.39 is 0 Å². The first-order chi connectivity index (χ1) is 7.55. The predicted molar refractivity (Wildman–Crippen MR) is 67.6 cm³/mol. The molecule has 1 aliphatic heterocycles. The molecular weight excluding hydrogens is 198 g/mol. The Kier molecular flexibility index (Phi) is 3.60. The summed E-state index contributed by atoms with van der Waals surface area (Å²) in [5, 5.41) is 3.57. The minimum atomic E-state index is 0.0182. The van der Waals surface area contributed by atoms with Gasteiger partial charge in [-0.05, 0) is 39.0 Å². The summed E-state index contributed by atoms with van der Waals surface area (Å²) in [6, 6.07) is 0. The Labute approximate surface area is 100 Å². The zero-order valence-corrected chi connectivity index (χ0v) is 11.1. The molecule has 2 nitrogen and oxygen atoms in total. The van der Waals surface area contributed by atoms with Crippen molar-refractivity contribution in [2.45, 2.75) is 70.5 Å². The van der Waals surface area contributed by atoms with Gasteiger partial charge in [-0.25, -0.2) is 0 Å². The van der Waals surface area contributed by atoms with Gasteiger partial charge >= 0.3 is 0 Å². The highest BCUT2D eigenvalue weighted by molar-refractivity contribution is 4.94. The first-order valence-corrected chi connectivity index (χ1v) is 6.96. The number of rotatable bonds is 1. The Morgan fingerprint density at radius 3 is 2.69 bits per heavy atom. The molecule has 1 aliphatic carbocycles. The first kappa shape index (κ1) is 12.4. The maximum atomic E-state index is 6.41. The zero-order chi connectivity index (χ0) is 11.6. The van der Waals surface area contributed by atoms with Gasteiger partial charge in [-0.15, -0.1) is 0 Å². The minimum Gasteiger partial charge on any atom is -0.366 e. The molecule has 16 heavy (non-hydrogen) atoms. The van der Waals surface area contributed by atoms with Crippen LogP contribution < -0.4 is 5.32 Å². The summed E-state index contributed by atoms with van der Waals surface area (Å²) in [6.45, 7) is 8.80. The van der Waals surface area contributed by atoms with Crippen molar-refractivity contribution in [1.82, 2.24) is 5.32 Å². The average Bonchev–Trinajstić information content (AvgIpc) is 2.39. The third kappa shape index (κ3) is 2.78. The van der Waals surface area contributed by atoms with Crippen LogP contribution in [0.15, 0.2) is 0 Å². The highest BCUT2D eigenvalue weighted by Gasteiger charge is 2.41. The second-order valence-corrected chi connectivity index (χ2v) is 6.35. The van der Waals surface area contributed by atoms with Crippen LogP contribution in [0.3, 0.4) is 0 Å². The Morgan fingerprint density at radius 2 is 2.00 bits per heavy atom. The zero-order valence-electron chi connectivity index (χ0n) is 11.1. The SMILES string of the molecule is CCC1CCCC2(CC1)CNCC(C)(C)O2. The van der Waals surface area contributed by atoms with Crippen molar-refractivity contribution in [3.8, 4) is 0 Å². The van der Waals surface area contributed by atoms with Gasteiger partial charge in [0.2, 0.25) is 0 Å². The standard InChI is InChI=1S/C14H27NO/c1-4-12-6-5-8-14(9-7-12)11-15-10-13(2,3)16-14/h12,15H,4-11H2,1-3H3. The summed E-state index contributed by atoms with van der Waals surface area (Å²) in [7, 11) is 0. The Bertz CT molecular complexity index is 239.